The summed E-state index contributed by atoms with van der Waals surface area (Å²) in [4.78, 5) is 14.9. The SMILES string of the molecule is C[C@@H](Oc1cccc(Cl)c1)C(=O)N1CCC[C@@H]2CN(S(=O)(=O)N(C)C)CC[C@@H]21. The first-order chi connectivity index (χ1) is 13.2. The first-order valence-electron chi connectivity index (χ1n) is 9.60. The second kappa shape index (κ2) is 8.57. The van der Waals surface area contributed by atoms with Gasteiger partial charge in [0, 0.05) is 44.8 Å². The highest BCUT2D eigenvalue weighted by Gasteiger charge is 2.42. The largest absolute Gasteiger partial charge is 0.481 e. The Morgan fingerprint density at radius 2 is 2.04 bits per heavy atom. The number of fused-ring (bicyclic) bond motifs is 1. The fourth-order valence-corrected chi connectivity index (χ4v) is 5.47. The van der Waals surface area contributed by atoms with Crippen molar-refractivity contribution in [3.8, 4) is 5.75 Å². The number of halogens is 1. The Balaban J connectivity index is 1.67. The van der Waals surface area contributed by atoms with Gasteiger partial charge in [0.15, 0.2) is 6.10 Å². The van der Waals surface area contributed by atoms with E-state index in [4.69, 9.17) is 16.3 Å². The van der Waals surface area contributed by atoms with E-state index in [0.29, 0.717) is 36.8 Å². The van der Waals surface area contributed by atoms with Gasteiger partial charge >= 0.3 is 0 Å². The molecule has 2 fully saturated rings. The monoisotopic (exact) mass is 429 g/mol. The van der Waals surface area contributed by atoms with Crippen LogP contribution in [0, 0.1) is 5.92 Å². The van der Waals surface area contributed by atoms with Crippen LogP contribution in [0.3, 0.4) is 0 Å². The Kier molecular flexibility index (Phi) is 6.54. The van der Waals surface area contributed by atoms with Crippen LogP contribution in [0.5, 0.6) is 5.75 Å². The molecule has 1 amide bonds. The maximum atomic E-state index is 13.1. The zero-order chi connectivity index (χ0) is 20.5. The second-order valence-corrected chi connectivity index (χ2v) is 10.2. The number of carbonyl (C=O) groups excluding carboxylic acids is 1. The molecule has 2 aliphatic rings. The summed E-state index contributed by atoms with van der Waals surface area (Å²) in [6.07, 6.45) is 1.82. The highest BCUT2D eigenvalue weighted by atomic mass is 35.5. The molecular formula is C19H28ClN3O4S. The topological polar surface area (TPSA) is 70.2 Å². The maximum absolute atomic E-state index is 13.1. The highest BCUT2D eigenvalue weighted by molar-refractivity contribution is 7.86. The standard InChI is InChI=1S/C19H28ClN3O4S/c1-14(27-17-8-4-7-16(20)12-17)19(24)23-10-5-6-15-13-22(11-9-18(15)23)28(25,26)21(2)3/h4,7-8,12,14-15,18H,5-6,9-11,13H2,1-3H3/t14-,15-,18+/m1/s1. The lowest BCUT2D eigenvalue weighted by Crippen LogP contribution is -2.59. The summed E-state index contributed by atoms with van der Waals surface area (Å²) in [5, 5.41) is 0.560. The van der Waals surface area contributed by atoms with Gasteiger partial charge in [0.1, 0.15) is 5.75 Å². The molecular weight excluding hydrogens is 402 g/mol. The van der Waals surface area contributed by atoms with Crippen LogP contribution in [0.4, 0.5) is 0 Å². The molecule has 0 aromatic heterocycles. The number of nitrogens with zero attached hydrogens (tertiary/aromatic N) is 3. The van der Waals surface area contributed by atoms with Gasteiger partial charge in [-0.15, -0.1) is 0 Å². The van der Waals surface area contributed by atoms with Gasteiger partial charge in [-0.05, 0) is 50.3 Å². The van der Waals surface area contributed by atoms with Crippen LogP contribution in [0.2, 0.25) is 5.02 Å². The minimum atomic E-state index is -3.42. The number of hydrogen-bond acceptors (Lipinski definition) is 4. The molecule has 1 aromatic rings. The summed E-state index contributed by atoms with van der Waals surface area (Å²) >= 11 is 5.99. The van der Waals surface area contributed by atoms with E-state index >= 15 is 0 Å². The minimum Gasteiger partial charge on any atom is -0.481 e. The van der Waals surface area contributed by atoms with Crippen LogP contribution in [-0.2, 0) is 15.0 Å². The fourth-order valence-electron chi connectivity index (χ4n) is 4.11. The molecule has 28 heavy (non-hydrogen) atoms. The van der Waals surface area contributed by atoms with Crippen LogP contribution in [0.1, 0.15) is 26.2 Å². The molecule has 1 aromatic carbocycles. The summed E-state index contributed by atoms with van der Waals surface area (Å²) in [5.74, 6) is 0.659. The number of hydrogen-bond donors (Lipinski definition) is 0. The summed E-state index contributed by atoms with van der Waals surface area (Å²) in [7, 11) is -0.326. The number of amides is 1. The Morgan fingerprint density at radius 1 is 1.29 bits per heavy atom. The van der Waals surface area contributed by atoms with Gasteiger partial charge in [-0.2, -0.15) is 17.0 Å². The first-order valence-corrected chi connectivity index (χ1v) is 11.4. The summed E-state index contributed by atoms with van der Waals surface area (Å²) in [5.41, 5.74) is 0. The van der Waals surface area contributed by atoms with Crippen molar-refractivity contribution in [2.75, 3.05) is 33.7 Å². The van der Waals surface area contributed by atoms with E-state index in [2.05, 4.69) is 0 Å². The van der Waals surface area contributed by atoms with Crippen molar-refractivity contribution in [3.05, 3.63) is 29.3 Å². The van der Waals surface area contributed by atoms with E-state index in [0.717, 1.165) is 12.8 Å². The van der Waals surface area contributed by atoms with Gasteiger partial charge in [0.25, 0.3) is 16.1 Å². The Labute approximate surface area is 172 Å². The van der Waals surface area contributed by atoms with Crippen LogP contribution < -0.4 is 4.74 Å². The maximum Gasteiger partial charge on any atom is 0.281 e. The molecule has 2 heterocycles. The van der Waals surface area contributed by atoms with E-state index in [1.54, 1.807) is 45.3 Å². The molecule has 3 rings (SSSR count). The molecule has 2 aliphatic heterocycles. The van der Waals surface area contributed by atoms with Crippen molar-refractivity contribution >= 4 is 27.7 Å². The average Bonchev–Trinajstić information content (AvgIpc) is 2.66. The van der Waals surface area contributed by atoms with Gasteiger partial charge < -0.3 is 9.64 Å². The Morgan fingerprint density at radius 3 is 2.71 bits per heavy atom. The molecule has 0 spiro atoms. The molecule has 0 saturated carbocycles. The van der Waals surface area contributed by atoms with E-state index in [9.17, 15) is 13.2 Å². The van der Waals surface area contributed by atoms with E-state index < -0.39 is 16.3 Å². The van der Waals surface area contributed by atoms with Crippen LogP contribution >= 0.6 is 11.6 Å². The number of ether oxygens (including phenoxy) is 1. The van der Waals surface area contributed by atoms with Crippen molar-refractivity contribution < 1.29 is 17.9 Å². The highest BCUT2D eigenvalue weighted by Crippen LogP contribution is 2.32. The fraction of sp³-hybridized carbons (Fsp3) is 0.632. The third-order valence-corrected chi connectivity index (χ3v) is 7.70. The second-order valence-electron chi connectivity index (χ2n) is 7.66. The normalized spacial score (nSPS) is 24.7. The molecule has 0 radical (unpaired) electrons. The van der Waals surface area contributed by atoms with Crippen molar-refractivity contribution in [1.29, 1.82) is 0 Å². The molecule has 9 heteroatoms. The van der Waals surface area contributed by atoms with Gasteiger partial charge in [-0.1, -0.05) is 17.7 Å². The number of benzene rings is 1. The van der Waals surface area contributed by atoms with Crippen molar-refractivity contribution in [3.63, 3.8) is 0 Å². The predicted octanol–water partition coefficient (Wildman–Crippen LogP) is 2.23. The van der Waals surface area contributed by atoms with Gasteiger partial charge in [-0.3, -0.25) is 4.79 Å². The van der Waals surface area contributed by atoms with E-state index in [1.165, 1.54) is 8.61 Å². The quantitative estimate of drug-likeness (QED) is 0.719. The van der Waals surface area contributed by atoms with Gasteiger partial charge in [-0.25, -0.2) is 0 Å². The molecule has 2 saturated heterocycles. The number of likely N-dealkylation sites (tertiary alicyclic amines) is 1. The van der Waals surface area contributed by atoms with Crippen molar-refractivity contribution in [2.24, 2.45) is 5.92 Å². The average molecular weight is 430 g/mol. The molecule has 0 unspecified atom stereocenters. The molecule has 0 aliphatic carbocycles. The zero-order valence-corrected chi connectivity index (χ0v) is 18.1. The molecule has 0 N–H and O–H groups in total. The molecule has 3 atom stereocenters. The smallest absolute Gasteiger partial charge is 0.281 e. The lowest BCUT2D eigenvalue weighted by molar-refractivity contribution is -0.144. The zero-order valence-electron chi connectivity index (χ0n) is 16.5. The Bertz CT molecular complexity index is 817. The minimum absolute atomic E-state index is 0.0558. The number of carbonyl (C=O) groups is 1. The Hall–Kier alpha value is -1.35. The van der Waals surface area contributed by atoms with Crippen LogP contribution in [0.25, 0.3) is 0 Å². The van der Waals surface area contributed by atoms with E-state index in [1.807, 2.05) is 4.90 Å². The lowest BCUT2D eigenvalue weighted by Gasteiger charge is -2.47. The van der Waals surface area contributed by atoms with Gasteiger partial charge in [0.2, 0.25) is 0 Å². The van der Waals surface area contributed by atoms with Crippen molar-refractivity contribution in [1.82, 2.24) is 13.5 Å². The number of rotatable bonds is 5. The predicted molar refractivity (Wildman–Crippen MR) is 109 cm³/mol. The number of piperidine rings is 2. The third-order valence-electron chi connectivity index (χ3n) is 5.56. The van der Waals surface area contributed by atoms with Crippen LogP contribution in [0.15, 0.2) is 24.3 Å². The van der Waals surface area contributed by atoms with Gasteiger partial charge in [0.05, 0.1) is 0 Å². The summed E-state index contributed by atoms with van der Waals surface area (Å²) < 4.78 is 33.5. The first kappa shape index (κ1) is 21.4. The van der Waals surface area contributed by atoms with Crippen LogP contribution in [-0.4, -0.2) is 73.7 Å². The molecule has 7 nitrogen and oxygen atoms in total. The molecule has 156 valence electrons. The third kappa shape index (κ3) is 4.45. The summed E-state index contributed by atoms with van der Waals surface area (Å²) in [6.45, 7) is 3.32. The summed E-state index contributed by atoms with van der Waals surface area (Å²) in [6, 6.07) is 7.06. The molecule has 0 bridgehead atoms. The van der Waals surface area contributed by atoms with E-state index in [-0.39, 0.29) is 17.9 Å². The van der Waals surface area contributed by atoms with Crippen molar-refractivity contribution in [2.45, 2.75) is 38.3 Å². The lowest BCUT2D eigenvalue weighted by atomic mass is 9.84.